The minimum Gasteiger partial charge on any atom is -0.390 e. The van der Waals surface area contributed by atoms with Gasteiger partial charge >= 0.3 is 0 Å². The van der Waals surface area contributed by atoms with Gasteiger partial charge in [-0.25, -0.2) is 19.9 Å². The Morgan fingerprint density at radius 1 is 1.22 bits per heavy atom. The Bertz CT molecular complexity index is 1180. The number of H-pyrrole nitrogens is 1. The number of hydrogen-bond acceptors (Lipinski definition) is 7. The molecule has 0 aliphatic carbocycles. The fourth-order valence-corrected chi connectivity index (χ4v) is 2.94. The van der Waals surface area contributed by atoms with E-state index in [1.54, 1.807) is 36.5 Å². The van der Waals surface area contributed by atoms with Crippen LogP contribution in [0.2, 0.25) is 5.02 Å². The zero-order chi connectivity index (χ0) is 18.8. The number of fused-ring (bicyclic) bond motifs is 1. The molecule has 3 aromatic heterocycles. The fourth-order valence-electron chi connectivity index (χ4n) is 2.68. The molecule has 27 heavy (non-hydrogen) atoms. The number of nitrogens with zero attached hydrogens (tertiary/aromatic N) is 5. The molecule has 0 aliphatic rings. The Hall–Kier alpha value is -3.54. The van der Waals surface area contributed by atoms with E-state index in [4.69, 9.17) is 11.6 Å². The van der Waals surface area contributed by atoms with Gasteiger partial charge in [0.1, 0.15) is 23.5 Å². The van der Waals surface area contributed by atoms with Crippen LogP contribution in [0.15, 0.2) is 42.9 Å². The Morgan fingerprint density at radius 2 is 2.11 bits per heavy atom. The van der Waals surface area contributed by atoms with Gasteiger partial charge in [-0.15, -0.1) is 0 Å². The van der Waals surface area contributed by atoms with Crippen molar-refractivity contribution in [3.8, 4) is 17.5 Å². The van der Waals surface area contributed by atoms with Crippen molar-refractivity contribution in [1.29, 1.82) is 5.26 Å². The molecule has 0 fully saturated rings. The van der Waals surface area contributed by atoms with Crippen LogP contribution in [0, 0.1) is 11.3 Å². The molecule has 0 spiro atoms. The van der Waals surface area contributed by atoms with Gasteiger partial charge in [-0.3, -0.25) is 0 Å². The first-order valence-electron chi connectivity index (χ1n) is 7.92. The first kappa shape index (κ1) is 16.9. The van der Waals surface area contributed by atoms with Crippen LogP contribution >= 0.6 is 11.6 Å². The molecule has 0 aliphatic heterocycles. The molecule has 4 rings (SSSR count). The number of halogens is 1. The Morgan fingerprint density at radius 3 is 2.93 bits per heavy atom. The standard InChI is InChI=1S/C18H12ClN7O/c19-12-3-1-2-10(7-20)15(12)17-24-13-4-5-21-18(16(13)26-17)25-14-6-11(8-27)22-9-23-14/h1-6,9,27H,8H2,(H,24,26)(H,21,22,23,25). The van der Waals surface area contributed by atoms with Gasteiger partial charge < -0.3 is 15.4 Å². The van der Waals surface area contributed by atoms with E-state index in [2.05, 4.69) is 36.3 Å². The molecular formula is C18H12ClN7O. The first-order chi connectivity index (χ1) is 13.2. The van der Waals surface area contributed by atoms with Gasteiger partial charge in [0.25, 0.3) is 0 Å². The lowest BCUT2D eigenvalue weighted by atomic mass is 10.1. The van der Waals surface area contributed by atoms with Crippen LogP contribution in [0.4, 0.5) is 11.6 Å². The molecule has 1 aromatic carbocycles. The van der Waals surface area contributed by atoms with Crippen molar-refractivity contribution in [2.75, 3.05) is 5.32 Å². The lowest BCUT2D eigenvalue weighted by molar-refractivity contribution is 0.276. The van der Waals surface area contributed by atoms with Gasteiger partial charge in [0.15, 0.2) is 5.82 Å². The van der Waals surface area contributed by atoms with Gasteiger partial charge in [0.2, 0.25) is 0 Å². The number of aliphatic hydroxyl groups excluding tert-OH is 1. The number of aromatic nitrogens is 5. The molecule has 0 saturated carbocycles. The van der Waals surface area contributed by atoms with E-state index < -0.39 is 0 Å². The third-order valence-electron chi connectivity index (χ3n) is 3.90. The SMILES string of the molecule is N#Cc1cccc(Cl)c1-c1nc2c(Nc3cc(CO)ncn3)nccc2[nH]1. The van der Waals surface area contributed by atoms with Crippen LogP contribution in [-0.4, -0.2) is 30.0 Å². The molecule has 4 aromatic rings. The maximum atomic E-state index is 9.37. The van der Waals surface area contributed by atoms with Crippen LogP contribution in [-0.2, 0) is 6.61 Å². The number of pyridine rings is 1. The van der Waals surface area contributed by atoms with E-state index in [9.17, 15) is 10.4 Å². The second-order valence-corrected chi connectivity index (χ2v) is 6.00. The summed E-state index contributed by atoms with van der Waals surface area (Å²) in [6, 6.07) is 10.6. The van der Waals surface area contributed by atoms with Crippen molar-refractivity contribution in [1.82, 2.24) is 24.9 Å². The maximum Gasteiger partial charge on any atom is 0.159 e. The predicted octanol–water partition coefficient (Wildman–Crippen LogP) is 3.18. The lowest BCUT2D eigenvalue weighted by Gasteiger charge is -2.05. The van der Waals surface area contributed by atoms with Crippen LogP contribution in [0.1, 0.15) is 11.3 Å². The zero-order valence-electron chi connectivity index (χ0n) is 13.8. The van der Waals surface area contributed by atoms with Crippen molar-refractivity contribution in [3.05, 3.63) is 59.1 Å². The second kappa shape index (κ2) is 6.99. The van der Waals surface area contributed by atoms with E-state index in [1.807, 2.05) is 0 Å². The van der Waals surface area contributed by atoms with Gasteiger partial charge in [-0.05, 0) is 18.2 Å². The van der Waals surface area contributed by atoms with Gasteiger partial charge in [-0.2, -0.15) is 5.26 Å². The summed E-state index contributed by atoms with van der Waals surface area (Å²) in [5, 5.41) is 22.1. The van der Waals surface area contributed by atoms with E-state index in [1.165, 1.54) is 6.33 Å². The Kier molecular flexibility index (Phi) is 4.38. The number of aromatic amines is 1. The zero-order valence-corrected chi connectivity index (χ0v) is 14.6. The number of anilines is 2. The molecule has 0 atom stereocenters. The average molecular weight is 378 g/mol. The molecule has 3 heterocycles. The highest BCUT2D eigenvalue weighted by Crippen LogP contribution is 2.32. The van der Waals surface area contributed by atoms with Crippen LogP contribution < -0.4 is 5.32 Å². The number of nitriles is 1. The molecule has 8 nitrogen and oxygen atoms in total. The molecule has 0 unspecified atom stereocenters. The minimum absolute atomic E-state index is 0.190. The quantitative estimate of drug-likeness (QED) is 0.499. The highest BCUT2D eigenvalue weighted by molar-refractivity contribution is 6.33. The van der Waals surface area contributed by atoms with Crippen LogP contribution in [0.3, 0.4) is 0 Å². The van der Waals surface area contributed by atoms with Crippen LogP contribution in [0.25, 0.3) is 22.4 Å². The Balaban J connectivity index is 1.81. The topological polar surface area (TPSA) is 123 Å². The van der Waals surface area contributed by atoms with E-state index in [0.29, 0.717) is 44.8 Å². The number of aliphatic hydroxyl groups is 1. The molecule has 0 radical (unpaired) electrons. The fraction of sp³-hybridized carbons (Fsp3) is 0.0556. The minimum atomic E-state index is -0.190. The molecule has 0 bridgehead atoms. The average Bonchev–Trinajstić information content (AvgIpc) is 3.12. The van der Waals surface area contributed by atoms with Gasteiger partial charge in [0, 0.05) is 12.3 Å². The largest absolute Gasteiger partial charge is 0.390 e. The van der Waals surface area contributed by atoms with E-state index >= 15 is 0 Å². The van der Waals surface area contributed by atoms with E-state index in [0.717, 1.165) is 5.52 Å². The number of imidazole rings is 1. The summed E-state index contributed by atoms with van der Waals surface area (Å²) in [7, 11) is 0. The summed E-state index contributed by atoms with van der Waals surface area (Å²) in [5.74, 6) is 1.43. The normalized spacial score (nSPS) is 10.7. The number of rotatable bonds is 4. The second-order valence-electron chi connectivity index (χ2n) is 5.59. The molecule has 0 amide bonds. The smallest absolute Gasteiger partial charge is 0.159 e. The summed E-state index contributed by atoms with van der Waals surface area (Å²) >= 11 is 6.29. The molecule has 132 valence electrons. The summed E-state index contributed by atoms with van der Waals surface area (Å²) in [5.41, 5.74) is 2.74. The number of nitrogens with one attached hydrogen (secondary N) is 2. The van der Waals surface area contributed by atoms with Crippen molar-refractivity contribution < 1.29 is 5.11 Å². The summed E-state index contributed by atoms with van der Waals surface area (Å²) < 4.78 is 0. The van der Waals surface area contributed by atoms with Gasteiger partial charge in [-0.1, -0.05) is 17.7 Å². The third kappa shape index (κ3) is 3.17. The van der Waals surface area contributed by atoms with Crippen molar-refractivity contribution in [2.45, 2.75) is 6.61 Å². The number of benzene rings is 1. The number of hydrogen-bond donors (Lipinski definition) is 3. The van der Waals surface area contributed by atoms with Gasteiger partial charge in [0.05, 0.1) is 40.0 Å². The lowest BCUT2D eigenvalue weighted by Crippen LogP contribution is -1.99. The third-order valence-corrected chi connectivity index (χ3v) is 4.22. The van der Waals surface area contributed by atoms with Crippen molar-refractivity contribution >= 4 is 34.3 Å². The van der Waals surface area contributed by atoms with Crippen molar-refractivity contribution in [2.24, 2.45) is 0 Å². The monoisotopic (exact) mass is 377 g/mol. The van der Waals surface area contributed by atoms with E-state index in [-0.39, 0.29) is 6.61 Å². The summed E-state index contributed by atoms with van der Waals surface area (Å²) in [4.78, 5) is 20.1. The molecular weight excluding hydrogens is 366 g/mol. The summed E-state index contributed by atoms with van der Waals surface area (Å²) in [6.07, 6.45) is 2.98. The highest BCUT2D eigenvalue weighted by Gasteiger charge is 2.16. The highest BCUT2D eigenvalue weighted by atomic mass is 35.5. The van der Waals surface area contributed by atoms with Crippen molar-refractivity contribution in [3.63, 3.8) is 0 Å². The van der Waals surface area contributed by atoms with Crippen LogP contribution in [0.5, 0.6) is 0 Å². The molecule has 0 saturated heterocycles. The Labute approximate surface area is 158 Å². The first-order valence-corrected chi connectivity index (χ1v) is 8.30. The molecule has 9 heteroatoms. The maximum absolute atomic E-state index is 9.37. The predicted molar refractivity (Wildman–Crippen MR) is 100 cm³/mol. The summed E-state index contributed by atoms with van der Waals surface area (Å²) in [6.45, 7) is -0.190. The molecule has 3 N–H and O–H groups in total.